The molecule has 1 rings (SSSR count). The average Bonchev–Trinajstić information content (AvgIpc) is 2.14. The first-order valence-corrected chi connectivity index (χ1v) is 4.57. The zero-order valence-electron chi connectivity index (χ0n) is 9.11. The molecule has 0 aromatic heterocycles. The summed E-state index contributed by atoms with van der Waals surface area (Å²) in [5.41, 5.74) is 0.802. The van der Waals surface area contributed by atoms with Crippen LogP contribution in [-0.4, -0.2) is 36.7 Å². The monoisotopic (exact) mass is 204 g/mol. The number of hydrogen-bond acceptors (Lipinski definition) is 1. The van der Waals surface area contributed by atoms with Gasteiger partial charge in [-0.25, -0.2) is 4.79 Å². The molecular formula is C12H14NO2+. The molecule has 15 heavy (non-hydrogen) atoms. The maximum absolute atomic E-state index is 10.9. The fourth-order valence-electron chi connectivity index (χ4n) is 1.01. The van der Waals surface area contributed by atoms with Crippen LogP contribution in [0.1, 0.15) is 15.9 Å². The molecule has 1 aromatic carbocycles. The van der Waals surface area contributed by atoms with Crippen LogP contribution in [0.15, 0.2) is 24.3 Å². The van der Waals surface area contributed by atoms with E-state index in [1.807, 2.05) is 21.1 Å². The average molecular weight is 204 g/mol. The molecule has 0 spiro atoms. The van der Waals surface area contributed by atoms with Gasteiger partial charge in [0.15, 0.2) is 0 Å². The van der Waals surface area contributed by atoms with E-state index in [0.29, 0.717) is 10.0 Å². The number of quaternary nitrogens is 1. The molecule has 3 nitrogen and oxygen atoms in total. The summed E-state index contributed by atoms with van der Waals surface area (Å²) in [6.45, 7) is 0. The van der Waals surface area contributed by atoms with E-state index in [4.69, 9.17) is 5.11 Å². The summed E-state index contributed by atoms with van der Waals surface area (Å²) in [5, 5.41) is 8.92. The molecular weight excluding hydrogens is 190 g/mol. The van der Waals surface area contributed by atoms with Crippen molar-refractivity contribution in [1.82, 2.24) is 0 Å². The van der Waals surface area contributed by atoms with E-state index in [0.717, 1.165) is 0 Å². The highest BCUT2D eigenvalue weighted by Gasteiger charge is 2.08. The van der Waals surface area contributed by atoms with E-state index < -0.39 is 5.97 Å². The number of carbonyl (C=O) groups is 1. The molecule has 0 aliphatic heterocycles. The highest BCUT2D eigenvalue weighted by atomic mass is 16.4. The van der Waals surface area contributed by atoms with Gasteiger partial charge >= 0.3 is 5.97 Å². The van der Waals surface area contributed by atoms with Crippen molar-refractivity contribution < 1.29 is 14.4 Å². The third kappa shape index (κ3) is 3.45. The van der Waals surface area contributed by atoms with Crippen LogP contribution in [0.2, 0.25) is 0 Å². The fourth-order valence-corrected chi connectivity index (χ4v) is 1.01. The Morgan fingerprint density at radius 1 is 1.27 bits per heavy atom. The second-order valence-electron chi connectivity index (χ2n) is 4.10. The number of carboxylic acids is 1. The standard InChI is InChI=1S/C12H13NO2/c1-13(2,3)9-8-10-6-4-5-7-11(10)12(14)15/h4-7H,1-3H3/p+1. The van der Waals surface area contributed by atoms with Gasteiger partial charge < -0.3 is 5.11 Å². The van der Waals surface area contributed by atoms with E-state index in [9.17, 15) is 4.79 Å². The van der Waals surface area contributed by atoms with Gasteiger partial charge in [0, 0.05) is 5.56 Å². The van der Waals surface area contributed by atoms with Crippen molar-refractivity contribution >= 4 is 5.97 Å². The quantitative estimate of drug-likeness (QED) is 0.554. The predicted octanol–water partition coefficient (Wildman–Crippen LogP) is 1.40. The first kappa shape index (κ1) is 11.3. The van der Waals surface area contributed by atoms with E-state index in [1.54, 1.807) is 24.3 Å². The zero-order chi connectivity index (χ0) is 11.5. The molecule has 1 aromatic rings. The molecule has 78 valence electrons. The molecule has 0 aliphatic carbocycles. The lowest BCUT2D eigenvalue weighted by Gasteiger charge is -2.12. The molecule has 0 saturated heterocycles. The molecule has 3 heteroatoms. The van der Waals surface area contributed by atoms with Crippen molar-refractivity contribution in [2.24, 2.45) is 0 Å². The normalized spacial score (nSPS) is 10.3. The molecule has 0 saturated carbocycles. The Morgan fingerprint density at radius 2 is 1.87 bits per heavy atom. The van der Waals surface area contributed by atoms with Gasteiger partial charge in [-0.15, -0.1) is 0 Å². The van der Waals surface area contributed by atoms with Gasteiger partial charge in [-0.2, -0.15) is 0 Å². The second kappa shape index (κ2) is 4.16. The number of hydrogen-bond donors (Lipinski definition) is 1. The Morgan fingerprint density at radius 3 is 2.40 bits per heavy atom. The summed E-state index contributed by atoms with van der Waals surface area (Å²) < 4.78 is 0.480. The fraction of sp³-hybridized carbons (Fsp3) is 0.250. The van der Waals surface area contributed by atoms with Gasteiger partial charge in [0.1, 0.15) is 6.04 Å². The SMILES string of the molecule is C[N+](C)(C)C#Cc1ccccc1C(=O)O. The van der Waals surface area contributed by atoms with Crippen molar-refractivity contribution in [3.05, 3.63) is 35.4 Å². The summed E-state index contributed by atoms with van der Waals surface area (Å²) in [6, 6.07) is 9.71. The third-order valence-corrected chi connectivity index (χ3v) is 1.68. The molecule has 0 amide bonds. The lowest BCUT2D eigenvalue weighted by atomic mass is 10.1. The second-order valence-corrected chi connectivity index (χ2v) is 4.10. The van der Waals surface area contributed by atoms with E-state index in [-0.39, 0.29) is 5.56 Å². The molecule has 0 atom stereocenters. The Bertz CT molecular complexity index is 433. The van der Waals surface area contributed by atoms with Gasteiger partial charge in [0.05, 0.1) is 26.7 Å². The third-order valence-electron chi connectivity index (χ3n) is 1.68. The Labute approximate surface area is 89.5 Å². The van der Waals surface area contributed by atoms with Crippen molar-refractivity contribution in [1.29, 1.82) is 0 Å². The van der Waals surface area contributed by atoms with Gasteiger partial charge in [0.25, 0.3) is 0 Å². The van der Waals surface area contributed by atoms with Gasteiger partial charge in [-0.3, -0.25) is 4.48 Å². The number of rotatable bonds is 1. The van der Waals surface area contributed by atoms with Gasteiger partial charge in [0.2, 0.25) is 0 Å². The van der Waals surface area contributed by atoms with Crippen molar-refractivity contribution in [3.8, 4) is 12.0 Å². The van der Waals surface area contributed by atoms with E-state index in [2.05, 4.69) is 12.0 Å². The largest absolute Gasteiger partial charge is 0.478 e. The first-order valence-electron chi connectivity index (χ1n) is 4.57. The van der Waals surface area contributed by atoms with E-state index >= 15 is 0 Å². The van der Waals surface area contributed by atoms with Crippen LogP contribution in [0.25, 0.3) is 0 Å². The molecule has 0 fully saturated rings. The minimum Gasteiger partial charge on any atom is -0.478 e. The van der Waals surface area contributed by atoms with Gasteiger partial charge in [-0.05, 0) is 18.1 Å². The Kier molecular flexibility index (Phi) is 3.13. The number of carboxylic acid groups (broad SMARTS) is 1. The van der Waals surface area contributed by atoms with Crippen LogP contribution in [0, 0.1) is 12.0 Å². The van der Waals surface area contributed by atoms with Crippen molar-refractivity contribution in [2.75, 3.05) is 21.1 Å². The van der Waals surface area contributed by atoms with Crippen molar-refractivity contribution in [3.63, 3.8) is 0 Å². The lowest BCUT2D eigenvalue weighted by Crippen LogP contribution is -2.27. The van der Waals surface area contributed by atoms with Crippen LogP contribution in [0.5, 0.6) is 0 Å². The Hall–Kier alpha value is -1.79. The molecule has 0 radical (unpaired) electrons. The molecule has 0 bridgehead atoms. The van der Waals surface area contributed by atoms with Crippen LogP contribution >= 0.6 is 0 Å². The van der Waals surface area contributed by atoms with Crippen LogP contribution in [-0.2, 0) is 0 Å². The van der Waals surface area contributed by atoms with Crippen LogP contribution < -0.4 is 0 Å². The predicted molar refractivity (Wildman–Crippen MR) is 58.3 cm³/mol. The summed E-state index contributed by atoms with van der Waals surface area (Å²) in [7, 11) is 5.78. The maximum Gasteiger partial charge on any atom is 0.336 e. The minimum absolute atomic E-state index is 0.249. The number of nitrogens with zero attached hydrogens (tertiary/aromatic N) is 1. The first-order chi connectivity index (χ1) is 6.90. The lowest BCUT2D eigenvalue weighted by molar-refractivity contribution is -0.800. The highest BCUT2D eigenvalue weighted by Crippen LogP contribution is 2.07. The molecule has 0 unspecified atom stereocenters. The van der Waals surface area contributed by atoms with Crippen molar-refractivity contribution in [2.45, 2.75) is 0 Å². The smallest absolute Gasteiger partial charge is 0.336 e. The molecule has 0 aliphatic rings. The molecule has 0 heterocycles. The van der Waals surface area contributed by atoms with Crippen LogP contribution in [0.3, 0.4) is 0 Å². The zero-order valence-corrected chi connectivity index (χ0v) is 9.11. The minimum atomic E-state index is -0.943. The summed E-state index contributed by atoms with van der Waals surface area (Å²) >= 11 is 0. The van der Waals surface area contributed by atoms with Gasteiger partial charge in [-0.1, -0.05) is 12.1 Å². The maximum atomic E-state index is 10.9. The number of benzene rings is 1. The van der Waals surface area contributed by atoms with Crippen LogP contribution in [0.4, 0.5) is 0 Å². The Balaban J connectivity index is 3.14. The summed E-state index contributed by atoms with van der Waals surface area (Å²) in [5.74, 6) is 1.93. The summed E-state index contributed by atoms with van der Waals surface area (Å²) in [4.78, 5) is 10.9. The van der Waals surface area contributed by atoms with E-state index in [1.165, 1.54) is 0 Å². The topological polar surface area (TPSA) is 37.3 Å². The summed E-state index contributed by atoms with van der Waals surface area (Å²) in [6.07, 6.45) is 0. The molecule has 1 N–H and O–H groups in total. The highest BCUT2D eigenvalue weighted by molar-refractivity contribution is 5.90. The number of aromatic carboxylic acids is 1.